The molecule has 0 bridgehead atoms. The Morgan fingerprint density at radius 2 is 1.71 bits per heavy atom. The lowest BCUT2D eigenvalue weighted by Gasteiger charge is -2.16. The summed E-state index contributed by atoms with van der Waals surface area (Å²) < 4.78 is 11.5. The highest BCUT2D eigenvalue weighted by molar-refractivity contribution is 6.30. The maximum absolute atomic E-state index is 9.23. The van der Waals surface area contributed by atoms with E-state index in [9.17, 15) is 5.11 Å². The van der Waals surface area contributed by atoms with Crippen molar-refractivity contribution in [3.8, 4) is 11.5 Å². The molecular weight excluding hydrogens is 423 g/mol. The summed E-state index contributed by atoms with van der Waals surface area (Å²) in [5.41, 5.74) is 2.08. The lowest BCUT2D eigenvalue weighted by Crippen LogP contribution is -2.31. The van der Waals surface area contributed by atoms with Crippen LogP contribution in [0.5, 0.6) is 11.5 Å². The van der Waals surface area contributed by atoms with Crippen molar-refractivity contribution >= 4 is 36.4 Å². The summed E-state index contributed by atoms with van der Waals surface area (Å²) >= 11 is 5.92. The monoisotopic (exact) mass is 450 g/mol. The predicted octanol–water partition coefficient (Wildman–Crippen LogP) is 3.83. The van der Waals surface area contributed by atoms with Gasteiger partial charge >= 0.3 is 0 Å². The van der Waals surface area contributed by atoms with Crippen LogP contribution in [0, 0.1) is 0 Å². The number of aliphatic hydroxyl groups excluding tert-OH is 1. The highest BCUT2D eigenvalue weighted by Gasteiger charge is 2.11. The van der Waals surface area contributed by atoms with Crippen LogP contribution in [-0.2, 0) is 13.2 Å². The molecule has 0 saturated heterocycles. The van der Waals surface area contributed by atoms with Gasteiger partial charge in [-0.15, -0.1) is 24.8 Å². The second-order valence-corrected chi connectivity index (χ2v) is 6.53. The number of para-hydroxylation sites is 1. The molecule has 0 amide bonds. The third-order valence-electron chi connectivity index (χ3n) is 3.81. The van der Waals surface area contributed by atoms with Crippen LogP contribution in [0.15, 0.2) is 42.5 Å². The Morgan fingerprint density at radius 3 is 2.36 bits per heavy atom. The van der Waals surface area contributed by atoms with Gasteiger partial charge in [0.05, 0.1) is 13.2 Å². The van der Waals surface area contributed by atoms with E-state index < -0.39 is 0 Å². The molecule has 2 aromatic carbocycles. The average molecular weight is 452 g/mol. The Hall–Kier alpha value is -1.21. The number of hydrogen-bond acceptors (Lipinski definition) is 5. The zero-order valence-corrected chi connectivity index (χ0v) is 18.5. The van der Waals surface area contributed by atoms with E-state index in [4.69, 9.17) is 21.1 Å². The number of methoxy groups -OCH3 is 1. The van der Waals surface area contributed by atoms with Gasteiger partial charge in [0.2, 0.25) is 0 Å². The highest BCUT2D eigenvalue weighted by atomic mass is 35.5. The van der Waals surface area contributed by atoms with E-state index in [0.29, 0.717) is 30.5 Å². The van der Waals surface area contributed by atoms with Gasteiger partial charge in [0, 0.05) is 36.8 Å². The van der Waals surface area contributed by atoms with Crippen LogP contribution in [0.3, 0.4) is 0 Å². The minimum atomic E-state index is -0.332. The number of hydrogen-bond donors (Lipinski definition) is 3. The van der Waals surface area contributed by atoms with Crippen molar-refractivity contribution in [2.75, 3.05) is 26.7 Å². The van der Waals surface area contributed by atoms with Gasteiger partial charge in [-0.25, -0.2) is 0 Å². The zero-order chi connectivity index (χ0) is 18.8. The van der Waals surface area contributed by atoms with E-state index >= 15 is 0 Å². The normalized spacial score (nSPS) is 11.1. The van der Waals surface area contributed by atoms with Crippen LogP contribution in [-0.4, -0.2) is 38.0 Å². The van der Waals surface area contributed by atoms with Crippen LogP contribution in [0.1, 0.15) is 18.1 Å². The SMILES string of the molecule is COc1cccc(CNCCNCC(C)O)c1OCc1ccc(Cl)cc1.Cl.Cl. The molecule has 0 radical (unpaired) electrons. The average Bonchev–Trinajstić information content (AvgIpc) is 2.64. The molecule has 158 valence electrons. The van der Waals surface area contributed by atoms with Crippen LogP contribution >= 0.6 is 36.4 Å². The molecule has 8 heteroatoms. The first-order valence-electron chi connectivity index (χ1n) is 8.72. The Labute approximate surface area is 184 Å². The first-order valence-corrected chi connectivity index (χ1v) is 9.10. The molecule has 2 aromatic rings. The molecule has 0 aliphatic carbocycles. The third-order valence-corrected chi connectivity index (χ3v) is 4.06. The first-order chi connectivity index (χ1) is 12.6. The Kier molecular flexibility index (Phi) is 14.1. The molecule has 0 saturated carbocycles. The molecule has 0 aliphatic rings. The van der Waals surface area contributed by atoms with E-state index in [1.807, 2.05) is 42.5 Å². The van der Waals surface area contributed by atoms with Gasteiger partial charge in [-0.2, -0.15) is 0 Å². The molecule has 2 rings (SSSR count). The van der Waals surface area contributed by atoms with Crippen molar-refractivity contribution in [2.24, 2.45) is 0 Å². The van der Waals surface area contributed by atoms with Crippen LogP contribution < -0.4 is 20.1 Å². The minimum Gasteiger partial charge on any atom is -0.493 e. The van der Waals surface area contributed by atoms with Crippen molar-refractivity contribution in [3.63, 3.8) is 0 Å². The molecule has 0 spiro atoms. The van der Waals surface area contributed by atoms with Crippen LogP contribution in [0.25, 0.3) is 0 Å². The minimum absolute atomic E-state index is 0. The molecule has 28 heavy (non-hydrogen) atoms. The van der Waals surface area contributed by atoms with Crippen LogP contribution in [0.4, 0.5) is 0 Å². The van der Waals surface area contributed by atoms with Gasteiger partial charge in [0.15, 0.2) is 11.5 Å². The van der Waals surface area contributed by atoms with E-state index in [0.717, 1.165) is 30.0 Å². The second-order valence-electron chi connectivity index (χ2n) is 6.09. The Balaban J connectivity index is 0.00000364. The topological polar surface area (TPSA) is 62.8 Å². The fraction of sp³-hybridized carbons (Fsp3) is 0.400. The molecule has 0 fully saturated rings. The lowest BCUT2D eigenvalue weighted by atomic mass is 10.1. The number of benzene rings is 2. The van der Waals surface area contributed by atoms with Crippen molar-refractivity contribution in [1.29, 1.82) is 0 Å². The fourth-order valence-electron chi connectivity index (χ4n) is 2.47. The largest absolute Gasteiger partial charge is 0.493 e. The van der Waals surface area contributed by atoms with Gasteiger partial charge in [-0.1, -0.05) is 35.9 Å². The van der Waals surface area contributed by atoms with Crippen molar-refractivity contribution in [1.82, 2.24) is 10.6 Å². The number of nitrogens with one attached hydrogen (secondary N) is 2. The van der Waals surface area contributed by atoms with Crippen molar-refractivity contribution in [2.45, 2.75) is 26.2 Å². The maximum Gasteiger partial charge on any atom is 0.166 e. The quantitative estimate of drug-likeness (QED) is 0.453. The Bertz CT molecular complexity index is 670. The van der Waals surface area contributed by atoms with Gasteiger partial charge in [-0.3, -0.25) is 0 Å². The van der Waals surface area contributed by atoms with E-state index in [-0.39, 0.29) is 30.9 Å². The van der Waals surface area contributed by atoms with E-state index in [1.165, 1.54) is 0 Å². The van der Waals surface area contributed by atoms with E-state index in [1.54, 1.807) is 14.0 Å². The van der Waals surface area contributed by atoms with Crippen molar-refractivity contribution < 1.29 is 14.6 Å². The van der Waals surface area contributed by atoms with Gasteiger partial charge in [0.25, 0.3) is 0 Å². The lowest BCUT2D eigenvalue weighted by molar-refractivity contribution is 0.191. The fourth-order valence-corrected chi connectivity index (χ4v) is 2.60. The molecule has 0 aliphatic heterocycles. The summed E-state index contributed by atoms with van der Waals surface area (Å²) in [6.45, 7) is 5.05. The smallest absolute Gasteiger partial charge is 0.166 e. The van der Waals surface area contributed by atoms with Crippen LogP contribution in [0.2, 0.25) is 5.02 Å². The highest BCUT2D eigenvalue weighted by Crippen LogP contribution is 2.31. The second kappa shape index (κ2) is 14.7. The predicted molar refractivity (Wildman–Crippen MR) is 120 cm³/mol. The Morgan fingerprint density at radius 1 is 1.04 bits per heavy atom. The van der Waals surface area contributed by atoms with Crippen molar-refractivity contribution in [3.05, 3.63) is 58.6 Å². The molecule has 1 atom stereocenters. The number of halogens is 3. The summed E-state index contributed by atoms with van der Waals surface area (Å²) in [7, 11) is 1.64. The first kappa shape index (κ1) is 26.8. The summed E-state index contributed by atoms with van der Waals surface area (Å²) in [5.74, 6) is 1.46. The molecule has 0 aromatic heterocycles. The summed E-state index contributed by atoms with van der Waals surface area (Å²) in [6.07, 6.45) is -0.332. The van der Waals surface area contributed by atoms with Gasteiger partial charge in [-0.05, 0) is 30.7 Å². The van der Waals surface area contributed by atoms with E-state index in [2.05, 4.69) is 10.6 Å². The summed E-state index contributed by atoms with van der Waals surface area (Å²) in [6, 6.07) is 13.5. The molecule has 1 unspecified atom stereocenters. The molecule has 5 nitrogen and oxygen atoms in total. The summed E-state index contributed by atoms with van der Waals surface area (Å²) in [4.78, 5) is 0. The molecule has 0 heterocycles. The standard InChI is InChI=1S/C20H27ClN2O3.2ClH/c1-15(24)12-22-10-11-23-13-17-4-3-5-19(25-2)20(17)26-14-16-6-8-18(21)9-7-16;;/h3-9,15,22-24H,10-14H2,1-2H3;2*1H. The molecular formula is C20H29Cl3N2O3. The molecule has 3 N–H and O–H groups in total. The van der Waals surface area contributed by atoms with Gasteiger partial charge < -0.3 is 25.2 Å². The zero-order valence-electron chi connectivity index (χ0n) is 16.1. The van der Waals surface area contributed by atoms with Gasteiger partial charge in [0.1, 0.15) is 6.61 Å². The summed E-state index contributed by atoms with van der Waals surface area (Å²) in [5, 5.41) is 16.5. The number of rotatable bonds is 11. The third kappa shape index (κ3) is 9.32. The number of aliphatic hydroxyl groups is 1. The number of ether oxygens (including phenoxy) is 2. The maximum atomic E-state index is 9.23.